The highest BCUT2D eigenvalue weighted by Gasteiger charge is 2.29. The number of carbonyl (C=O) groups is 3. The molecule has 0 unspecified atom stereocenters. The molecule has 0 bridgehead atoms. The van der Waals surface area contributed by atoms with Crippen LogP contribution in [0.15, 0.2) is 0 Å². The topological polar surface area (TPSA) is 97.0 Å². The lowest BCUT2D eigenvalue weighted by atomic mass is 9.95. The van der Waals surface area contributed by atoms with Gasteiger partial charge in [0.2, 0.25) is 11.8 Å². The van der Waals surface area contributed by atoms with Crippen molar-refractivity contribution in [3.8, 4) is 0 Å². The van der Waals surface area contributed by atoms with Crippen LogP contribution in [0.2, 0.25) is 0 Å². The number of fused-ring (bicyclic) bond motifs is 1. The SMILES string of the molecule is COCCCNC(=O)C1CCN(CC(=O)Nc2sc3c(c2C(=O)OC)CCCC3)CC1. The number of amides is 2. The Morgan fingerprint density at radius 3 is 2.58 bits per heavy atom. The number of hydrogen-bond acceptors (Lipinski definition) is 7. The second-order valence-electron chi connectivity index (χ2n) is 8.14. The van der Waals surface area contributed by atoms with Gasteiger partial charge in [0, 0.05) is 31.1 Å². The molecule has 1 aromatic rings. The van der Waals surface area contributed by atoms with Crippen molar-refractivity contribution in [3.05, 3.63) is 16.0 Å². The number of aryl methyl sites for hydroxylation is 1. The molecular formula is C22H33N3O5S. The summed E-state index contributed by atoms with van der Waals surface area (Å²) in [5.74, 6) is -0.429. The smallest absolute Gasteiger partial charge is 0.341 e. The molecule has 31 heavy (non-hydrogen) atoms. The van der Waals surface area contributed by atoms with Crippen molar-refractivity contribution in [1.29, 1.82) is 0 Å². The minimum absolute atomic E-state index is 0.00296. The Balaban J connectivity index is 1.49. The summed E-state index contributed by atoms with van der Waals surface area (Å²) in [6.45, 7) is 2.93. The second kappa shape index (κ2) is 11.6. The van der Waals surface area contributed by atoms with Crippen LogP contribution in [0, 0.1) is 5.92 Å². The summed E-state index contributed by atoms with van der Waals surface area (Å²) < 4.78 is 9.96. The lowest BCUT2D eigenvalue weighted by Crippen LogP contribution is -2.43. The Morgan fingerprint density at radius 2 is 1.87 bits per heavy atom. The number of anilines is 1. The van der Waals surface area contributed by atoms with E-state index in [9.17, 15) is 14.4 Å². The van der Waals surface area contributed by atoms with Crippen LogP contribution in [0.3, 0.4) is 0 Å². The predicted octanol–water partition coefficient (Wildman–Crippen LogP) is 2.22. The van der Waals surface area contributed by atoms with Gasteiger partial charge in [-0.15, -0.1) is 11.3 Å². The number of thiophene rings is 1. The van der Waals surface area contributed by atoms with Crippen LogP contribution < -0.4 is 10.6 Å². The monoisotopic (exact) mass is 451 g/mol. The first-order valence-electron chi connectivity index (χ1n) is 11.0. The number of methoxy groups -OCH3 is 2. The summed E-state index contributed by atoms with van der Waals surface area (Å²) in [6, 6.07) is 0. The van der Waals surface area contributed by atoms with E-state index in [1.54, 1.807) is 7.11 Å². The fourth-order valence-electron chi connectivity index (χ4n) is 4.27. The van der Waals surface area contributed by atoms with Crippen molar-refractivity contribution in [2.24, 2.45) is 5.92 Å². The molecule has 2 amide bonds. The number of nitrogens with one attached hydrogen (secondary N) is 2. The maximum absolute atomic E-state index is 12.7. The summed E-state index contributed by atoms with van der Waals surface area (Å²) in [4.78, 5) is 40.5. The van der Waals surface area contributed by atoms with Gasteiger partial charge in [-0.3, -0.25) is 14.5 Å². The summed E-state index contributed by atoms with van der Waals surface area (Å²) in [5.41, 5.74) is 1.56. The number of likely N-dealkylation sites (tertiary alicyclic amines) is 1. The Kier molecular flexibility index (Phi) is 8.86. The molecule has 0 spiro atoms. The van der Waals surface area contributed by atoms with Crippen LogP contribution in [0.25, 0.3) is 0 Å². The summed E-state index contributed by atoms with van der Waals surface area (Å²) in [6.07, 6.45) is 6.25. The number of hydrogen-bond donors (Lipinski definition) is 2. The Hall–Kier alpha value is -1.97. The highest BCUT2D eigenvalue weighted by atomic mass is 32.1. The Morgan fingerprint density at radius 1 is 1.13 bits per heavy atom. The first-order valence-corrected chi connectivity index (χ1v) is 11.9. The lowest BCUT2D eigenvalue weighted by Gasteiger charge is -2.30. The molecule has 1 fully saturated rings. The maximum atomic E-state index is 12.7. The molecule has 1 saturated heterocycles. The Bertz CT molecular complexity index is 786. The van der Waals surface area contributed by atoms with Crippen LogP contribution in [0.5, 0.6) is 0 Å². The number of rotatable bonds is 9. The third-order valence-corrected chi connectivity index (χ3v) is 7.17. The molecular weight excluding hydrogens is 418 g/mol. The third kappa shape index (κ3) is 6.27. The number of piperidine rings is 1. The van der Waals surface area contributed by atoms with Gasteiger partial charge in [-0.25, -0.2) is 4.79 Å². The van der Waals surface area contributed by atoms with Crippen LogP contribution in [-0.2, 0) is 31.9 Å². The standard InChI is InChI=1S/C22H33N3O5S/c1-29-13-5-10-23-20(27)15-8-11-25(12-9-15)14-18(26)24-21-19(22(28)30-2)16-6-3-4-7-17(16)31-21/h15H,3-14H2,1-2H3,(H,23,27)(H,24,26). The largest absolute Gasteiger partial charge is 0.465 e. The average Bonchev–Trinajstić information content (AvgIpc) is 3.14. The van der Waals surface area contributed by atoms with Gasteiger partial charge in [-0.1, -0.05) is 0 Å². The fourth-order valence-corrected chi connectivity index (χ4v) is 5.56. The molecule has 0 aromatic carbocycles. The van der Waals surface area contributed by atoms with Crippen molar-refractivity contribution in [2.45, 2.75) is 44.9 Å². The van der Waals surface area contributed by atoms with E-state index in [0.29, 0.717) is 36.8 Å². The van der Waals surface area contributed by atoms with E-state index in [-0.39, 0.29) is 30.2 Å². The van der Waals surface area contributed by atoms with Crippen LogP contribution in [0.1, 0.15) is 52.9 Å². The molecule has 0 radical (unpaired) electrons. The fraction of sp³-hybridized carbons (Fsp3) is 0.682. The van der Waals surface area contributed by atoms with Crippen molar-refractivity contribution in [3.63, 3.8) is 0 Å². The van der Waals surface area contributed by atoms with E-state index < -0.39 is 0 Å². The highest BCUT2D eigenvalue weighted by Crippen LogP contribution is 2.38. The number of esters is 1. The van der Waals surface area contributed by atoms with E-state index in [2.05, 4.69) is 15.5 Å². The highest BCUT2D eigenvalue weighted by molar-refractivity contribution is 7.17. The lowest BCUT2D eigenvalue weighted by molar-refractivity contribution is -0.126. The van der Waals surface area contributed by atoms with Gasteiger partial charge in [0.1, 0.15) is 5.00 Å². The summed E-state index contributed by atoms with van der Waals surface area (Å²) in [7, 11) is 3.02. The molecule has 9 heteroatoms. The molecule has 2 heterocycles. The molecule has 1 aliphatic carbocycles. The van der Waals surface area contributed by atoms with Crippen LogP contribution in [0.4, 0.5) is 5.00 Å². The van der Waals surface area contributed by atoms with Gasteiger partial charge in [0.15, 0.2) is 0 Å². The zero-order valence-corrected chi connectivity index (χ0v) is 19.3. The molecule has 0 saturated carbocycles. The quantitative estimate of drug-likeness (QED) is 0.441. The van der Waals surface area contributed by atoms with Gasteiger partial charge in [0.25, 0.3) is 0 Å². The van der Waals surface area contributed by atoms with Crippen molar-refractivity contribution in [2.75, 3.05) is 52.3 Å². The number of ether oxygens (including phenoxy) is 2. The third-order valence-electron chi connectivity index (χ3n) is 5.96. The van der Waals surface area contributed by atoms with Crippen LogP contribution >= 0.6 is 11.3 Å². The van der Waals surface area contributed by atoms with Gasteiger partial charge in [-0.2, -0.15) is 0 Å². The normalized spacial score (nSPS) is 17.1. The molecule has 0 atom stereocenters. The van der Waals surface area contributed by atoms with E-state index in [1.165, 1.54) is 23.3 Å². The minimum atomic E-state index is -0.382. The second-order valence-corrected chi connectivity index (χ2v) is 9.25. The van der Waals surface area contributed by atoms with Crippen molar-refractivity contribution >= 4 is 34.1 Å². The number of nitrogens with zero attached hydrogens (tertiary/aromatic N) is 1. The first-order chi connectivity index (χ1) is 15.0. The van der Waals surface area contributed by atoms with E-state index in [4.69, 9.17) is 9.47 Å². The van der Waals surface area contributed by atoms with Gasteiger partial charge in [-0.05, 0) is 63.6 Å². The van der Waals surface area contributed by atoms with E-state index in [0.717, 1.165) is 50.5 Å². The minimum Gasteiger partial charge on any atom is -0.465 e. The first kappa shape index (κ1) is 23.7. The molecule has 1 aromatic heterocycles. The predicted molar refractivity (Wildman–Crippen MR) is 120 cm³/mol. The number of carbonyl (C=O) groups excluding carboxylic acids is 3. The van der Waals surface area contributed by atoms with Gasteiger partial charge in [0.05, 0.1) is 19.2 Å². The zero-order chi connectivity index (χ0) is 22.2. The van der Waals surface area contributed by atoms with E-state index in [1.807, 2.05) is 0 Å². The molecule has 1 aliphatic heterocycles. The molecule has 2 aliphatic rings. The van der Waals surface area contributed by atoms with Crippen LogP contribution in [-0.4, -0.2) is 69.7 Å². The molecule has 3 rings (SSSR count). The van der Waals surface area contributed by atoms with Crippen molar-refractivity contribution in [1.82, 2.24) is 10.2 Å². The van der Waals surface area contributed by atoms with Gasteiger partial charge >= 0.3 is 5.97 Å². The molecule has 2 N–H and O–H groups in total. The average molecular weight is 452 g/mol. The van der Waals surface area contributed by atoms with E-state index >= 15 is 0 Å². The summed E-state index contributed by atoms with van der Waals surface area (Å²) >= 11 is 1.50. The zero-order valence-electron chi connectivity index (χ0n) is 18.5. The molecule has 8 nitrogen and oxygen atoms in total. The maximum Gasteiger partial charge on any atom is 0.341 e. The van der Waals surface area contributed by atoms with Gasteiger partial charge < -0.3 is 20.1 Å². The summed E-state index contributed by atoms with van der Waals surface area (Å²) in [5, 5.41) is 6.52. The Labute approximate surface area is 187 Å². The van der Waals surface area contributed by atoms with Crippen molar-refractivity contribution < 1.29 is 23.9 Å². The molecule has 172 valence electrons.